The molecule has 2 saturated heterocycles. The molecule has 0 aliphatic carbocycles. The molecule has 0 spiro atoms. The number of nitrogens with two attached hydrogens (primary N) is 1. The van der Waals surface area contributed by atoms with Crippen LogP contribution in [0.3, 0.4) is 0 Å². The highest BCUT2D eigenvalue weighted by atomic mass is 35.5. The van der Waals surface area contributed by atoms with E-state index >= 15 is 0 Å². The largest absolute Gasteiger partial charge is 0.493 e. The van der Waals surface area contributed by atoms with Crippen molar-refractivity contribution in [2.45, 2.75) is 44.2 Å². The van der Waals surface area contributed by atoms with Gasteiger partial charge in [-0.2, -0.15) is 0 Å². The molecule has 26 heavy (non-hydrogen) atoms. The summed E-state index contributed by atoms with van der Waals surface area (Å²) in [5, 5.41) is 6.39. The molecular formula is C18H26ClN3O4. The standard InChI is InChI=1S/C18H25N3O4.ClH/c1-24-15-8-13(18(19)23)14(9-16(15)25-2)21-17(22)7-10-5-11-3-4-12(6-10)20-11;/h8-12,20H,3-7H2,1-2H3,(H2,19,23)(H,21,22);1H. The fourth-order valence-electron chi connectivity index (χ4n) is 3.99. The number of hydrogen-bond acceptors (Lipinski definition) is 5. The van der Waals surface area contributed by atoms with Crippen LogP contribution in [-0.4, -0.2) is 38.1 Å². The molecule has 3 rings (SSSR count). The number of halogens is 1. The molecule has 8 heteroatoms. The van der Waals surface area contributed by atoms with Crippen LogP contribution in [0, 0.1) is 5.92 Å². The molecule has 2 amide bonds. The molecule has 7 nitrogen and oxygen atoms in total. The first-order valence-corrected chi connectivity index (χ1v) is 8.62. The number of primary amides is 1. The highest BCUT2D eigenvalue weighted by Gasteiger charge is 2.34. The van der Waals surface area contributed by atoms with Crippen molar-refractivity contribution in [1.82, 2.24) is 5.32 Å². The molecule has 0 radical (unpaired) electrons. The average Bonchev–Trinajstić information content (AvgIpc) is 2.92. The molecule has 4 N–H and O–H groups in total. The zero-order valence-corrected chi connectivity index (χ0v) is 15.9. The first-order valence-electron chi connectivity index (χ1n) is 8.62. The van der Waals surface area contributed by atoms with Crippen molar-refractivity contribution in [2.24, 2.45) is 11.7 Å². The summed E-state index contributed by atoms with van der Waals surface area (Å²) in [7, 11) is 2.98. The van der Waals surface area contributed by atoms with Gasteiger partial charge in [-0.1, -0.05) is 0 Å². The van der Waals surface area contributed by atoms with Gasteiger partial charge in [0.25, 0.3) is 5.91 Å². The molecule has 1 aromatic carbocycles. The summed E-state index contributed by atoms with van der Waals surface area (Å²) in [5.74, 6) is 0.458. The lowest BCUT2D eigenvalue weighted by Crippen LogP contribution is -2.39. The molecule has 0 saturated carbocycles. The molecular weight excluding hydrogens is 358 g/mol. The molecule has 2 unspecified atom stereocenters. The van der Waals surface area contributed by atoms with E-state index in [0.29, 0.717) is 41.6 Å². The van der Waals surface area contributed by atoms with Gasteiger partial charge >= 0.3 is 0 Å². The number of piperidine rings is 1. The lowest BCUT2D eigenvalue weighted by molar-refractivity contribution is -0.117. The van der Waals surface area contributed by atoms with Crippen LogP contribution in [-0.2, 0) is 4.79 Å². The zero-order valence-electron chi connectivity index (χ0n) is 15.0. The molecule has 2 aliphatic rings. The van der Waals surface area contributed by atoms with E-state index < -0.39 is 5.91 Å². The smallest absolute Gasteiger partial charge is 0.250 e. The van der Waals surface area contributed by atoms with Crippen molar-refractivity contribution in [1.29, 1.82) is 0 Å². The number of nitrogens with one attached hydrogen (secondary N) is 2. The Hall–Kier alpha value is -1.99. The first-order chi connectivity index (χ1) is 12.0. The van der Waals surface area contributed by atoms with Gasteiger partial charge < -0.3 is 25.8 Å². The molecule has 144 valence electrons. The van der Waals surface area contributed by atoms with Crippen molar-refractivity contribution in [3.8, 4) is 11.5 Å². The fourth-order valence-corrected chi connectivity index (χ4v) is 3.99. The van der Waals surface area contributed by atoms with Gasteiger partial charge in [0, 0.05) is 24.6 Å². The van der Waals surface area contributed by atoms with E-state index in [1.54, 1.807) is 6.07 Å². The number of amides is 2. The number of fused-ring (bicyclic) bond motifs is 2. The summed E-state index contributed by atoms with van der Waals surface area (Å²) >= 11 is 0. The number of benzene rings is 1. The lowest BCUT2D eigenvalue weighted by Gasteiger charge is -2.28. The number of rotatable bonds is 6. The minimum Gasteiger partial charge on any atom is -0.493 e. The summed E-state index contributed by atoms with van der Waals surface area (Å²) in [6.45, 7) is 0. The van der Waals surface area contributed by atoms with Crippen LogP contribution >= 0.6 is 12.4 Å². The number of anilines is 1. The zero-order chi connectivity index (χ0) is 18.0. The van der Waals surface area contributed by atoms with Gasteiger partial charge in [0.1, 0.15) is 0 Å². The van der Waals surface area contributed by atoms with Gasteiger partial charge in [-0.15, -0.1) is 12.4 Å². The first kappa shape index (κ1) is 20.3. The van der Waals surface area contributed by atoms with Crippen LogP contribution in [0.1, 0.15) is 42.5 Å². The predicted octanol–water partition coefficient (Wildman–Crippen LogP) is 2.08. The third-order valence-electron chi connectivity index (χ3n) is 5.11. The molecule has 2 bridgehead atoms. The Morgan fingerprint density at radius 1 is 1.15 bits per heavy atom. The van der Waals surface area contributed by atoms with Crippen LogP contribution in [0.4, 0.5) is 5.69 Å². The second-order valence-corrected chi connectivity index (χ2v) is 6.84. The number of carbonyl (C=O) groups is 2. The third kappa shape index (κ3) is 4.40. The van der Waals surface area contributed by atoms with Gasteiger partial charge in [0.15, 0.2) is 11.5 Å². The van der Waals surface area contributed by atoms with E-state index in [4.69, 9.17) is 15.2 Å². The molecule has 2 atom stereocenters. The Balaban J connectivity index is 0.00000243. The molecule has 2 aliphatic heterocycles. The quantitative estimate of drug-likeness (QED) is 0.698. The Bertz CT molecular complexity index is 671. The van der Waals surface area contributed by atoms with E-state index in [1.165, 1.54) is 33.1 Å². The minimum absolute atomic E-state index is 0. The van der Waals surface area contributed by atoms with Crippen LogP contribution in [0.25, 0.3) is 0 Å². The van der Waals surface area contributed by atoms with E-state index in [1.807, 2.05) is 0 Å². The second-order valence-electron chi connectivity index (χ2n) is 6.84. The summed E-state index contributed by atoms with van der Waals surface area (Å²) in [5.41, 5.74) is 6.00. The van der Waals surface area contributed by atoms with Gasteiger partial charge in [-0.05, 0) is 37.7 Å². The number of methoxy groups -OCH3 is 2. The van der Waals surface area contributed by atoms with Crippen molar-refractivity contribution in [3.05, 3.63) is 17.7 Å². The number of ether oxygens (including phenoxy) is 2. The van der Waals surface area contributed by atoms with Gasteiger partial charge in [0.2, 0.25) is 5.91 Å². The van der Waals surface area contributed by atoms with Crippen molar-refractivity contribution < 1.29 is 19.1 Å². The molecule has 2 fully saturated rings. The van der Waals surface area contributed by atoms with Crippen molar-refractivity contribution in [3.63, 3.8) is 0 Å². The Labute approximate surface area is 159 Å². The maximum Gasteiger partial charge on any atom is 0.250 e. The van der Waals surface area contributed by atoms with Gasteiger partial charge in [0.05, 0.1) is 25.5 Å². The second kappa shape index (κ2) is 8.60. The summed E-state index contributed by atoms with van der Waals surface area (Å²) in [4.78, 5) is 24.2. The highest BCUT2D eigenvalue weighted by molar-refractivity contribution is 6.04. The van der Waals surface area contributed by atoms with Crippen LogP contribution in [0.15, 0.2) is 12.1 Å². The molecule has 1 aromatic rings. The average molecular weight is 384 g/mol. The molecule has 0 aromatic heterocycles. The Morgan fingerprint density at radius 2 is 1.73 bits per heavy atom. The third-order valence-corrected chi connectivity index (χ3v) is 5.11. The number of carbonyl (C=O) groups excluding carboxylic acids is 2. The predicted molar refractivity (Wildman–Crippen MR) is 101 cm³/mol. The molecule has 2 heterocycles. The van der Waals surface area contributed by atoms with E-state index in [9.17, 15) is 9.59 Å². The van der Waals surface area contributed by atoms with E-state index in [-0.39, 0.29) is 23.9 Å². The van der Waals surface area contributed by atoms with Gasteiger partial charge in [-0.3, -0.25) is 9.59 Å². The van der Waals surface area contributed by atoms with Crippen LogP contribution < -0.4 is 25.8 Å². The maximum absolute atomic E-state index is 12.5. The lowest BCUT2D eigenvalue weighted by atomic mass is 9.89. The SMILES string of the molecule is COc1cc(NC(=O)CC2CC3CCC(C2)N3)c(C(N)=O)cc1OC.Cl. The normalized spacial score (nSPS) is 23.7. The van der Waals surface area contributed by atoms with Crippen LogP contribution in [0.5, 0.6) is 11.5 Å². The van der Waals surface area contributed by atoms with Crippen LogP contribution in [0.2, 0.25) is 0 Å². The Morgan fingerprint density at radius 3 is 2.27 bits per heavy atom. The minimum atomic E-state index is -0.629. The van der Waals surface area contributed by atoms with E-state index in [2.05, 4.69) is 10.6 Å². The summed E-state index contributed by atoms with van der Waals surface area (Å²) in [6.07, 6.45) is 4.90. The van der Waals surface area contributed by atoms with Crippen molar-refractivity contribution in [2.75, 3.05) is 19.5 Å². The summed E-state index contributed by atoms with van der Waals surface area (Å²) in [6, 6.07) is 4.14. The monoisotopic (exact) mass is 383 g/mol. The van der Waals surface area contributed by atoms with Crippen molar-refractivity contribution >= 4 is 29.9 Å². The van der Waals surface area contributed by atoms with Gasteiger partial charge in [-0.25, -0.2) is 0 Å². The highest BCUT2D eigenvalue weighted by Crippen LogP contribution is 2.35. The summed E-state index contributed by atoms with van der Waals surface area (Å²) < 4.78 is 10.4. The number of hydrogen-bond donors (Lipinski definition) is 3. The van der Waals surface area contributed by atoms with E-state index in [0.717, 1.165) is 12.8 Å². The topological polar surface area (TPSA) is 103 Å². The maximum atomic E-state index is 12.5. The fraction of sp³-hybridized carbons (Fsp3) is 0.556. The Kier molecular flexibility index (Phi) is 6.72.